The molecule has 0 aliphatic rings. The molecule has 4 rings (SSSR count). The van der Waals surface area contributed by atoms with E-state index in [-0.39, 0.29) is 0 Å². The highest BCUT2D eigenvalue weighted by Crippen LogP contribution is 2.26. The van der Waals surface area contributed by atoms with Crippen LogP contribution in [0.15, 0.2) is 65.2 Å². The number of nitrogens with zero attached hydrogens (tertiary/aromatic N) is 4. The van der Waals surface area contributed by atoms with Crippen LogP contribution in [0, 0.1) is 6.92 Å². The third-order valence-electron chi connectivity index (χ3n) is 3.86. The molecule has 0 saturated carbocycles. The Morgan fingerprint density at radius 1 is 1.04 bits per heavy atom. The summed E-state index contributed by atoms with van der Waals surface area (Å²) in [5.74, 6) is 2.82. The second-order valence-corrected chi connectivity index (χ2v) is 6.04. The van der Waals surface area contributed by atoms with Crippen molar-refractivity contribution in [2.24, 2.45) is 0 Å². The lowest BCUT2D eigenvalue weighted by atomic mass is 10.2. The number of benzene rings is 1. The largest absolute Gasteiger partial charge is 0.453 e. The van der Waals surface area contributed by atoms with Crippen LogP contribution in [0.3, 0.4) is 0 Å². The van der Waals surface area contributed by atoms with Gasteiger partial charge < -0.3 is 4.42 Å². The second-order valence-electron chi connectivity index (χ2n) is 5.66. The number of aromatic nitrogens is 4. The number of furan rings is 1. The maximum Gasteiger partial charge on any atom is 0.217 e. The Hall–Kier alpha value is -2.92. The van der Waals surface area contributed by atoms with Gasteiger partial charge in [0.25, 0.3) is 0 Å². The van der Waals surface area contributed by atoms with Gasteiger partial charge in [-0.1, -0.05) is 41.9 Å². The fourth-order valence-electron chi connectivity index (χ4n) is 2.60. The van der Waals surface area contributed by atoms with Crippen LogP contribution in [-0.4, -0.2) is 19.7 Å². The van der Waals surface area contributed by atoms with Crippen LogP contribution in [0.25, 0.3) is 22.9 Å². The molecule has 0 aliphatic carbocycles. The highest BCUT2D eigenvalue weighted by Gasteiger charge is 2.13. The molecule has 0 spiro atoms. The van der Waals surface area contributed by atoms with Crippen molar-refractivity contribution < 1.29 is 4.42 Å². The number of rotatable bonds is 4. The quantitative estimate of drug-likeness (QED) is 0.504. The molecule has 1 aromatic carbocycles. The van der Waals surface area contributed by atoms with Gasteiger partial charge in [0, 0.05) is 11.8 Å². The molecule has 3 heterocycles. The minimum Gasteiger partial charge on any atom is -0.453 e. The average Bonchev–Trinajstić information content (AvgIpc) is 3.23. The molecule has 0 bridgehead atoms. The van der Waals surface area contributed by atoms with Crippen molar-refractivity contribution in [3.63, 3.8) is 0 Å². The fourth-order valence-corrected chi connectivity index (χ4v) is 2.80. The smallest absolute Gasteiger partial charge is 0.217 e. The van der Waals surface area contributed by atoms with Crippen LogP contribution >= 0.6 is 11.6 Å². The van der Waals surface area contributed by atoms with Crippen molar-refractivity contribution in [3.05, 3.63) is 77.3 Å². The standard InChI is InChI=1S/C19H15ClN4O/c1-13-22-19(23-24(13)12-14-9-10-21-18(20)11-14)17-8-7-16(25-17)15-5-3-2-4-6-15/h2-11H,12H2,1H3. The zero-order valence-corrected chi connectivity index (χ0v) is 14.3. The predicted octanol–water partition coefficient (Wildman–Crippen LogP) is 4.61. The molecule has 0 N–H and O–H groups in total. The Bertz CT molecular complexity index is 1010. The lowest BCUT2D eigenvalue weighted by Gasteiger charge is -2.03. The van der Waals surface area contributed by atoms with Gasteiger partial charge in [-0.15, -0.1) is 5.10 Å². The molecule has 0 aliphatic heterocycles. The number of halogens is 1. The number of hydrogen-bond acceptors (Lipinski definition) is 4. The van der Waals surface area contributed by atoms with Crippen molar-refractivity contribution >= 4 is 11.6 Å². The molecular formula is C19H15ClN4O. The van der Waals surface area contributed by atoms with Gasteiger partial charge >= 0.3 is 0 Å². The summed E-state index contributed by atoms with van der Waals surface area (Å²) in [7, 11) is 0. The van der Waals surface area contributed by atoms with E-state index in [1.807, 2.05) is 66.2 Å². The lowest BCUT2D eigenvalue weighted by molar-refractivity contribution is 0.588. The molecule has 5 nitrogen and oxygen atoms in total. The third kappa shape index (κ3) is 3.32. The van der Waals surface area contributed by atoms with E-state index >= 15 is 0 Å². The molecule has 4 aromatic rings. The molecule has 0 saturated heterocycles. The van der Waals surface area contributed by atoms with E-state index in [0.29, 0.717) is 23.3 Å². The van der Waals surface area contributed by atoms with Crippen molar-refractivity contribution in [3.8, 4) is 22.9 Å². The molecule has 124 valence electrons. The van der Waals surface area contributed by atoms with E-state index in [1.54, 1.807) is 6.20 Å². The van der Waals surface area contributed by atoms with E-state index < -0.39 is 0 Å². The Balaban J connectivity index is 1.61. The first-order valence-corrected chi connectivity index (χ1v) is 8.24. The summed E-state index contributed by atoms with van der Waals surface area (Å²) in [6.45, 7) is 2.49. The Morgan fingerprint density at radius 3 is 2.64 bits per heavy atom. The summed E-state index contributed by atoms with van der Waals surface area (Å²) in [6.07, 6.45) is 1.68. The topological polar surface area (TPSA) is 56.7 Å². The van der Waals surface area contributed by atoms with Gasteiger partial charge in [0.2, 0.25) is 5.82 Å². The van der Waals surface area contributed by atoms with Crippen molar-refractivity contribution in [2.75, 3.05) is 0 Å². The lowest BCUT2D eigenvalue weighted by Crippen LogP contribution is -2.04. The molecule has 0 radical (unpaired) electrons. The highest BCUT2D eigenvalue weighted by molar-refractivity contribution is 6.29. The van der Waals surface area contributed by atoms with Crippen LogP contribution in [0.1, 0.15) is 11.4 Å². The summed E-state index contributed by atoms with van der Waals surface area (Å²) >= 11 is 5.94. The minimum absolute atomic E-state index is 0.467. The first-order valence-electron chi connectivity index (χ1n) is 7.86. The van der Waals surface area contributed by atoms with Crippen LogP contribution in [0.5, 0.6) is 0 Å². The summed E-state index contributed by atoms with van der Waals surface area (Å²) in [6, 6.07) is 17.5. The Morgan fingerprint density at radius 2 is 1.84 bits per heavy atom. The normalized spacial score (nSPS) is 11.0. The highest BCUT2D eigenvalue weighted by atomic mass is 35.5. The Labute approximate surface area is 149 Å². The summed E-state index contributed by atoms with van der Waals surface area (Å²) in [5.41, 5.74) is 2.04. The van der Waals surface area contributed by atoms with E-state index in [2.05, 4.69) is 15.1 Å². The fraction of sp³-hybridized carbons (Fsp3) is 0.105. The van der Waals surface area contributed by atoms with Gasteiger partial charge in [0.1, 0.15) is 16.7 Å². The van der Waals surface area contributed by atoms with Gasteiger partial charge in [0.15, 0.2) is 5.76 Å². The molecular weight excluding hydrogens is 336 g/mol. The van der Waals surface area contributed by atoms with Crippen LogP contribution in [-0.2, 0) is 6.54 Å². The number of hydrogen-bond donors (Lipinski definition) is 0. The first kappa shape index (κ1) is 15.6. The number of pyridine rings is 1. The zero-order valence-electron chi connectivity index (χ0n) is 13.6. The van der Waals surface area contributed by atoms with Gasteiger partial charge in [-0.2, -0.15) is 0 Å². The summed E-state index contributed by atoms with van der Waals surface area (Å²) < 4.78 is 7.75. The summed E-state index contributed by atoms with van der Waals surface area (Å²) in [5, 5.41) is 5.03. The molecule has 0 unspecified atom stereocenters. The van der Waals surface area contributed by atoms with E-state index in [9.17, 15) is 0 Å². The van der Waals surface area contributed by atoms with E-state index in [1.165, 1.54) is 0 Å². The van der Waals surface area contributed by atoms with Gasteiger partial charge in [0.05, 0.1) is 6.54 Å². The predicted molar refractivity (Wildman–Crippen MR) is 96.2 cm³/mol. The molecule has 25 heavy (non-hydrogen) atoms. The maximum absolute atomic E-state index is 5.94. The second kappa shape index (κ2) is 6.53. The minimum atomic E-state index is 0.467. The third-order valence-corrected chi connectivity index (χ3v) is 4.07. The SMILES string of the molecule is Cc1nc(-c2ccc(-c3ccccc3)o2)nn1Cc1ccnc(Cl)c1. The average molecular weight is 351 g/mol. The number of aryl methyl sites for hydroxylation is 1. The monoisotopic (exact) mass is 350 g/mol. The van der Waals surface area contributed by atoms with Crippen molar-refractivity contribution in [2.45, 2.75) is 13.5 Å². The molecule has 0 atom stereocenters. The van der Waals surface area contributed by atoms with Crippen molar-refractivity contribution in [1.29, 1.82) is 0 Å². The summed E-state index contributed by atoms with van der Waals surface area (Å²) in [4.78, 5) is 8.51. The van der Waals surface area contributed by atoms with E-state index in [4.69, 9.17) is 16.0 Å². The molecule has 0 fully saturated rings. The van der Waals surface area contributed by atoms with Crippen LogP contribution < -0.4 is 0 Å². The van der Waals surface area contributed by atoms with Gasteiger partial charge in [-0.05, 0) is 36.8 Å². The molecule has 0 amide bonds. The van der Waals surface area contributed by atoms with Crippen LogP contribution in [0.2, 0.25) is 5.15 Å². The first-order chi connectivity index (χ1) is 12.2. The Kier molecular flexibility index (Phi) is 4.07. The maximum atomic E-state index is 5.94. The van der Waals surface area contributed by atoms with Gasteiger partial charge in [-0.3, -0.25) is 0 Å². The van der Waals surface area contributed by atoms with Crippen LogP contribution in [0.4, 0.5) is 0 Å². The zero-order chi connectivity index (χ0) is 17.2. The van der Waals surface area contributed by atoms with E-state index in [0.717, 1.165) is 22.7 Å². The van der Waals surface area contributed by atoms with Crippen molar-refractivity contribution in [1.82, 2.24) is 19.7 Å². The molecule has 3 aromatic heterocycles. The van der Waals surface area contributed by atoms with Gasteiger partial charge in [-0.25, -0.2) is 14.6 Å². The molecule has 6 heteroatoms.